The number of aliphatic carboxylic acids is 1. The van der Waals surface area contributed by atoms with Crippen LogP contribution in [0.25, 0.3) is 10.2 Å². The maximum absolute atomic E-state index is 13.0. The number of hydrogen-bond acceptors (Lipinski definition) is 4. The maximum Gasteiger partial charge on any atom is 0.304 e. The van der Waals surface area contributed by atoms with E-state index in [1.54, 1.807) is 0 Å². The minimum atomic E-state index is -0.951. The largest absolute Gasteiger partial charge is 0.481 e. The average Bonchev–Trinajstić information content (AvgIpc) is 3.19. The Bertz CT molecular complexity index is 937. The fourth-order valence-corrected chi connectivity index (χ4v) is 4.60. The molecule has 0 atom stereocenters. The van der Waals surface area contributed by atoms with Gasteiger partial charge in [0.1, 0.15) is 5.01 Å². The highest BCUT2D eigenvalue weighted by Crippen LogP contribution is 2.40. The number of fused-ring (bicyclic) bond motifs is 2. The normalized spacial score (nSPS) is 14.9. The van der Waals surface area contributed by atoms with Crippen LogP contribution in [0.2, 0.25) is 0 Å². The number of benzene rings is 2. The summed E-state index contributed by atoms with van der Waals surface area (Å²) in [6.07, 6.45) is 0.746. The van der Waals surface area contributed by atoms with Crippen molar-refractivity contribution in [2.45, 2.75) is 25.8 Å². The number of amides is 1. The Kier molecular flexibility index (Phi) is 4.20. The Morgan fingerprint density at radius 2 is 1.73 bits per heavy atom. The van der Waals surface area contributed by atoms with Crippen LogP contribution < -0.4 is 5.32 Å². The lowest BCUT2D eigenvalue weighted by molar-refractivity contribution is -0.145. The number of hydrogen-bond donors (Lipinski definition) is 2. The molecule has 0 radical (unpaired) electrons. The van der Waals surface area contributed by atoms with E-state index in [1.807, 2.05) is 48.5 Å². The summed E-state index contributed by atoms with van der Waals surface area (Å²) in [5.74, 6) is -1.16. The van der Waals surface area contributed by atoms with Crippen molar-refractivity contribution in [1.82, 2.24) is 10.3 Å². The van der Waals surface area contributed by atoms with Crippen LogP contribution in [0.4, 0.5) is 0 Å². The summed E-state index contributed by atoms with van der Waals surface area (Å²) in [5, 5.41) is 13.1. The highest BCUT2D eigenvalue weighted by Gasteiger charge is 2.45. The SMILES string of the molecule is O=C(O)CC1(C(=O)NCc2nc3ccccc3s2)Cc2ccccc2C1. The average molecular weight is 366 g/mol. The fraction of sp³-hybridized carbons (Fsp3) is 0.250. The topological polar surface area (TPSA) is 79.3 Å². The van der Waals surface area contributed by atoms with Gasteiger partial charge in [0.2, 0.25) is 5.91 Å². The van der Waals surface area contributed by atoms with Crippen LogP contribution in [0.15, 0.2) is 48.5 Å². The molecule has 0 aliphatic heterocycles. The van der Waals surface area contributed by atoms with Gasteiger partial charge in [-0.15, -0.1) is 11.3 Å². The van der Waals surface area contributed by atoms with Gasteiger partial charge >= 0.3 is 5.97 Å². The molecule has 0 saturated carbocycles. The van der Waals surface area contributed by atoms with Crippen molar-refractivity contribution < 1.29 is 14.7 Å². The summed E-state index contributed by atoms with van der Waals surface area (Å²) in [6, 6.07) is 15.6. The van der Waals surface area contributed by atoms with Crippen LogP contribution >= 0.6 is 11.3 Å². The molecule has 1 aliphatic rings. The summed E-state index contributed by atoms with van der Waals surface area (Å²) >= 11 is 1.54. The molecular weight excluding hydrogens is 348 g/mol. The molecule has 6 heteroatoms. The molecule has 2 aromatic carbocycles. The monoisotopic (exact) mass is 366 g/mol. The van der Waals surface area contributed by atoms with E-state index < -0.39 is 11.4 Å². The maximum atomic E-state index is 13.0. The van der Waals surface area contributed by atoms with E-state index in [0.29, 0.717) is 19.4 Å². The van der Waals surface area contributed by atoms with Gasteiger partial charge in [0.15, 0.2) is 0 Å². The molecule has 5 nitrogen and oxygen atoms in total. The van der Waals surface area contributed by atoms with Crippen LogP contribution in [-0.4, -0.2) is 22.0 Å². The van der Waals surface area contributed by atoms with Gasteiger partial charge in [-0.05, 0) is 36.1 Å². The number of para-hydroxylation sites is 1. The Labute approximate surface area is 154 Å². The number of carboxylic acid groups (broad SMARTS) is 1. The Morgan fingerprint density at radius 1 is 1.08 bits per heavy atom. The van der Waals surface area contributed by atoms with Gasteiger partial charge < -0.3 is 10.4 Å². The molecular formula is C20H18N2O3S. The van der Waals surface area contributed by atoms with Crippen molar-refractivity contribution in [2.24, 2.45) is 5.41 Å². The predicted octanol–water partition coefficient (Wildman–Crippen LogP) is 3.17. The summed E-state index contributed by atoms with van der Waals surface area (Å²) in [5.41, 5.74) is 2.11. The fourth-order valence-electron chi connectivity index (χ4n) is 3.69. The van der Waals surface area contributed by atoms with E-state index in [-0.39, 0.29) is 12.3 Å². The summed E-state index contributed by atoms with van der Waals surface area (Å²) in [4.78, 5) is 28.9. The highest BCUT2D eigenvalue weighted by atomic mass is 32.1. The second-order valence-corrected chi connectivity index (χ2v) is 7.85. The van der Waals surface area contributed by atoms with Crippen LogP contribution in [0.3, 0.4) is 0 Å². The molecule has 4 rings (SSSR count). The predicted molar refractivity (Wildman–Crippen MR) is 100 cm³/mol. The first-order chi connectivity index (χ1) is 12.6. The Morgan fingerprint density at radius 3 is 2.38 bits per heavy atom. The first-order valence-corrected chi connectivity index (χ1v) is 9.29. The summed E-state index contributed by atoms with van der Waals surface area (Å²) in [7, 11) is 0. The molecule has 1 aliphatic carbocycles. The standard InChI is InChI=1S/C20H18N2O3S/c23-18(24)11-20(9-13-5-1-2-6-14(13)10-20)19(25)21-12-17-22-15-7-3-4-8-16(15)26-17/h1-8H,9-12H2,(H,21,25)(H,23,24). The van der Waals surface area contributed by atoms with Gasteiger partial charge in [0, 0.05) is 0 Å². The van der Waals surface area contributed by atoms with Crippen molar-refractivity contribution in [3.63, 3.8) is 0 Å². The van der Waals surface area contributed by atoms with Gasteiger partial charge in [-0.2, -0.15) is 0 Å². The van der Waals surface area contributed by atoms with Crippen molar-refractivity contribution in [2.75, 3.05) is 0 Å². The summed E-state index contributed by atoms with van der Waals surface area (Å²) in [6.45, 7) is 0.315. The van der Waals surface area contributed by atoms with Gasteiger partial charge in [-0.3, -0.25) is 9.59 Å². The Balaban J connectivity index is 1.53. The van der Waals surface area contributed by atoms with Crippen molar-refractivity contribution in [3.05, 3.63) is 64.7 Å². The molecule has 1 heterocycles. The van der Waals surface area contributed by atoms with E-state index in [1.165, 1.54) is 11.3 Å². The van der Waals surface area contributed by atoms with Crippen LogP contribution in [0.5, 0.6) is 0 Å². The number of carboxylic acids is 1. The van der Waals surface area contributed by atoms with E-state index in [0.717, 1.165) is 26.4 Å². The Hall–Kier alpha value is -2.73. The zero-order valence-corrected chi connectivity index (χ0v) is 14.9. The quantitative estimate of drug-likeness (QED) is 0.727. The van der Waals surface area contributed by atoms with Gasteiger partial charge in [-0.25, -0.2) is 4.98 Å². The van der Waals surface area contributed by atoms with Crippen LogP contribution in [-0.2, 0) is 29.0 Å². The highest BCUT2D eigenvalue weighted by molar-refractivity contribution is 7.18. The third-order valence-corrected chi connectivity index (χ3v) is 5.92. The lowest BCUT2D eigenvalue weighted by atomic mass is 9.80. The van der Waals surface area contributed by atoms with Crippen molar-refractivity contribution in [1.29, 1.82) is 0 Å². The first-order valence-electron chi connectivity index (χ1n) is 8.47. The molecule has 0 spiro atoms. The van der Waals surface area contributed by atoms with E-state index in [2.05, 4.69) is 10.3 Å². The van der Waals surface area contributed by atoms with Crippen molar-refractivity contribution in [3.8, 4) is 0 Å². The zero-order chi connectivity index (χ0) is 18.1. The van der Waals surface area contributed by atoms with Crippen molar-refractivity contribution >= 4 is 33.4 Å². The molecule has 0 saturated heterocycles. The molecule has 1 aromatic heterocycles. The lowest BCUT2D eigenvalue weighted by Crippen LogP contribution is -2.43. The molecule has 1 amide bonds. The minimum Gasteiger partial charge on any atom is -0.481 e. The molecule has 0 unspecified atom stereocenters. The molecule has 2 N–H and O–H groups in total. The second-order valence-electron chi connectivity index (χ2n) is 6.73. The lowest BCUT2D eigenvalue weighted by Gasteiger charge is -2.25. The minimum absolute atomic E-state index is 0.173. The second kappa shape index (κ2) is 6.53. The van der Waals surface area contributed by atoms with Crippen LogP contribution in [0.1, 0.15) is 22.6 Å². The van der Waals surface area contributed by atoms with Gasteiger partial charge in [0.05, 0.1) is 28.6 Å². The third kappa shape index (κ3) is 3.08. The molecule has 0 bridgehead atoms. The first kappa shape index (κ1) is 16.7. The number of nitrogens with one attached hydrogen (secondary N) is 1. The van der Waals surface area contributed by atoms with E-state index >= 15 is 0 Å². The third-order valence-electron chi connectivity index (χ3n) is 4.89. The molecule has 26 heavy (non-hydrogen) atoms. The number of rotatable bonds is 5. The van der Waals surface area contributed by atoms with E-state index in [9.17, 15) is 14.7 Å². The van der Waals surface area contributed by atoms with Gasteiger partial charge in [-0.1, -0.05) is 36.4 Å². The number of carbonyl (C=O) groups excluding carboxylic acids is 1. The molecule has 0 fully saturated rings. The molecule has 132 valence electrons. The van der Waals surface area contributed by atoms with Crippen LogP contribution in [0, 0.1) is 5.41 Å². The molecule has 3 aromatic rings. The van der Waals surface area contributed by atoms with E-state index in [4.69, 9.17) is 0 Å². The summed E-state index contributed by atoms with van der Waals surface area (Å²) < 4.78 is 1.07. The number of carbonyl (C=O) groups is 2. The number of nitrogens with zero attached hydrogens (tertiary/aromatic N) is 1. The zero-order valence-electron chi connectivity index (χ0n) is 14.1. The van der Waals surface area contributed by atoms with Gasteiger partial charge in [0.25, 0.3) is 0 Å². The number of aromatic nitrogens is 1. The number of thiazole rings is 1. The smallest absolute Gasteiger partial charge is 0.304 e.